The first-order chi connectivity index (χ1) is 7.07. The average molecular weight is 213 g/mol. The van der Waals surface area contributed by atoms with Gasteiger partial charge in [-0.3, -0.25) is 4.79 Å². The van der Waals surface area contributed by atoms with Crippen LogP contribution in [0, 0.1) is 5.82 Å². The minimum atomic E-state index is -1.48. The zero-order chi connectivity index (χ0) is 11.4. The second-order valence-electron chi connectivity index (χ2n) is 3.27. The molecule has 0 fully saturated rings. The van der Waals surface area contributed by atoms with Gasteiger partial charge in [0.25, 0.3) is 0 Å². The molecule has 1 N–H and O–H groups in total. The molecule has 1 aromatic carbocycles. The van der Waals surface area contributed by atoms with Crippen LogP contribution in [0.4, 0.5) is 8.78 Å². The first-order valence-electron chi connectivity index (χ1n) is 4.68. The van der Waals surface area contributed by atoms with E-state index >= 15 is 0 Å². The Hall–Kier alpha value is -1.29. The molecule has 0 saturated carbocycles. The molecule has 0 saturated heterocycles. The Morgan fingerprint density at radius 2 is 2.20 bits per heavy atom. The number of hydrogen-bond acceptors (Lipinski definition) is 2. The van der Waals surface area contributed by atoms with Crippen LogP contribution < -0.4 is 5.32 Å². The van der Waals surface area contributed by atoms with E-state index in [-0.39, 0.29) is 23.5 Å². The van der Waals surface area contributed by atoms with E-state index in [4.69, 9.17) is 0 Å². The van der Waals surface area contributed by atoms with Crippen molar-refractivity contribution in [3.63, 3.8) is 0 Å². The number of ketones is 1. The molecule has 0 bridgehead atoms. The zero-order valence-corrected chi connectivity index (χ0v) is 8.68. The minimum Gasteiger partial charge on any atom is -0.313 e. The monoisotopic (exact) mass is 213 g/mol. The molecule has 0 aliphatic carbocycles. The van der Waals surface area contributed by atoms with Crippen LogP contribution >= 0.6 is 0 Å². The zero-order valence-electron chi connectivity index (χ0n) is 8.68. The molecule has 15 heavy (non-hydrogen) atoms. The Bertz CT molecular complexity index is 364. The van der Waals surface area contributed by atoms with Crippen LogP contribution in [0.15, 0.2) is 18.2 Å². The van der Waals surface area contributed by atoms with Gasteiger partial charge in [0, 0.05) is 11.1 Å². The van der Waals surface area contributed by atoms with E-state index in [1.165, 1.54) is 19.1 Å². The van der Waals surface area contributed by atoms with Crippen LogP contribution in [0.25, 0.3) is 0 Å². The maximum absolute atomic E-state index is 13.3. The summed E-state index contributed by atoms with van der Waals surface area (Å²) in [4.78, 5) is 11.5. The average Bonchev–Trinajstić information content (AvgIpc) is 2.17. The fourth-order valence-corrected chi connectivity index (χ4v) is 1.44. The molecule has 0 heterocycles. The lowest BCUT2D eigenvalue weighted by Crippen LogP contribution is -2.20. The van der Waals surface area contributed by atoms with Gasteiger partial charge in [-0.2, -0.15) is 0 Å². The number of carbonyl (C=O) groups is 1. The van der Waals surface area contributed by atoms with Crippen LogP contribution in [0.2, 0.25) is 0 Å². The standard InChI is InChI=1S/C11H13F2NO/c1-7(12)11-8(10(15)6-14-2)4-3-5-9(11)13/h3-5,7,14H,6H2,1-2H3. The van der Waals surface area contributed by atoms with Crippen LogP contribution in [-0.4, -0.2) is 19.4 Å². The predicted octanol–water partition coefficient (Wildman–Crippen LogP) is 2.26. The number of nitrogens with one attached hydrogen (secondary N) is 1. The van der Waals surface area contributed by atoms with E-state index in [9.17, 15) is 13.6 Å². The predicted molar refractivity (Wildman–Crippen MR) is 54.2 cm³/mol. The van der Waals surface area contributed by atoms with Crippen molar-refractivity contribution in [2.45, 2.75) is 13.1 Å². The molecule has 1 unspecified atom stereocenters. The fourth-order valence-electron chi connectivity index (χ4n) is 1.44. The second-order valence-corrected chi connectivity index (χ2v) is 3.27. The van der Waals surface area contributed by atoms with Crippen LogP contribution in [0.3, 0.4) is 0 Å². The smallest absolute Gasteiger partial charge is 0.177 e. The number of hydrogen-bond donors (Lipinski definition) is 1. The van der Waals surface area contributed by atoms with Crippen molar-refractivity contribution in [2.75, 3.05) is 13.6 Å². The number of carbonyl (C=O) groups excluding carboxylic acids is 1. The molecule has 2 nitrogen and oxygen atoms in total. The highest BCUT2D eigenvalue weighted by Crippen LogP contribution is 2.24. The maximum atomic E-state index is 13.3. The number of alkyl halides is 1. The van der Waals surface area contributed by atoms with Gasteiger partial charge in [-0.1, -0.05) is 12.1 Å². The molecule has 1 aromatic rings. The molecular weight excluding hydrogens is 200 g/mol. The summed E-state index contributed by atoms with van der Waals surface area (Å²) in [5, 5.41) is 2.66. The largest absolute Gasteiger partial charge is 0.313 e. The van der Waals surface area contributed by atoms with Gasteiger partial charge in [0.1, 0.15) is 12.0 Å². The van der Waals surface area contributed by atoms with E-state index in [1.54, 1.807) is 7.05 Å². The van der Waals surface area contributed by atoms with Gasteiger partial charge in [-0.25, -0.2) is 8.78 Å². The van der Waals surface area contributed by atoms with Crippen molar-refractivity contribution in [1.29, 1.82) is 0 Å². The van der Waals surface area contributed by atoms with Gasteiger partial charge in [-0.15, -0.1) is 0 Å². The Morgan fingerprint density at radius 1 is 1.53 bits per heavy atom. The summed E-state index contributed by atoms with van der Waals surface area (Å²) in [5.74, 6) is -0.983. The molecule has 0 spiro atoms. The normalized spacial score (nSPS) is 12.5. The summed E-state index contributed by atoms with van der Waals surface area (Å²) >= 11 is 0. The van der Waals surface area contributed by atoms with Crippen molar-refractivity contribution in [2.24, 2.45) is 0 Å². The highest BCUT2D eigenvalue weighted by molar-refractivity contribution is 5.99. The highest BCUT2D eigenvalue weighted by Gasteiger charge is 2.18. The molecule has 0 amide bonds. The lowest BCUT2D eigenvalue weighted by Gasteiger charge is -2.10. The molecular formula is C11H13F2NO. The number of benzene rings is 1. The molecule has 1 atom stereocenters. The Morgan fingerprint density at radius 3 is 2.73 bits per heavy atom. The number of Topliss-reactive ketones (excluding diaryl/α,β-unsaturated/α-hetero) is 1. The summed E-state index contributed by atoms with van der Waals surface area (Å²) in [5.41, 5.74) is -0.0444. The van der Waals surface area contributed by atoms with Crippen LogP contribution in [0.5, 0.6) is 0 Å². The van der Waals surface area contributed by atoms with Gasteiger partial charge in [0.05, 0.1) is 6.54 Å². The Kier molecular flexibility index (Phi) is 3.91. The van der Waals surface area contributed by atoms with Crippen molar-refractivity contribution >= 4 is 5.78 Å². The van der Waals surface area contributed by atoms with Gasteiger partial charge in [0.15, 0.2) is 5.78 Å². The van der Waals surface area contributed by atoms with Crippen LogP contribution in [-0.2, 0) is 0 Å². The maximum Gasteiger partial charge on any atom is 0.177 e. The summed E-state index contributed by atoms with van der Waals surface area (Å²) in [6.07, 6.45) is -1.48. The van der Waals surface area contributed by atoms with E-state index < -0.39 is 12.0 Å². The molecule has 82 valence electrons. The number of halogens is 2. The molecule has 0 radical (unpaired) electrons. The Balaban J connectivity index is 3.17. The van der Waals surface area contributed by atoms with Gasteiger partial charge < -0.3 is 5.32 Å². The third kappa shape index (κ3) is 2.59. The van der Waals surface area contributed by atoms with Gasteiger partial charge >= 0.3 is 0 Å². The summed E-state index contributed by atoms with van der Waals surface area (Å²) < 4.78 is 26.4. The highest BCUT2D eigenvalue weighted by atomic mass is 19.1. The van der Waals surface area contributed by atoms with Crippen molar-refractivity contribution < 1.29 is 13.6 Å². The molecule has 0 aliphatic heterocycles. The second kappa shape index (κ2) is 4.98. The molecule has 0 aliphatic rings. The summed E-state index contributed by atoms with van der Waals surface area (Å²) in [6.45, 7) is 1.29. The van der Waals surface area contributed by atoms with Crippen molar-refractivity contribution in [3.8, 4) is 0 Å². The van der Waals surface area contributed by atoms with Gasteiger partial charge in [-0.05, 0) is 20.0 Å². The molecule has 1 rings (SSSR count). The van der Waals surface area contributed by atoms with E-state index in [2.05, 4.69) is 5.32 Å². The summed E-state index contributed by atoms with van der Waals surface area (Å²) in [6, 6.07) is 4.00. The van der Waals surface area contributed by atoms with E-state index in [1.807, 2.05) is 0 Å². The van der Waals surface area contributed by atoms with E-state index in [0.29, 0.717) is 0 Å². The lowest BCUT2D eigenvalue weighted by molar-refractivity contribution is 0.0990. The lowest BCUT2D eigenvalue weighted by atomic mass is 10.00. The SMILES string of the molecule is CNCC(=O)c1cccc(F)c1C(C)F. The van der Waals surface area contributed by atoms with Crippen molar-refractivity contribution in [3.05, 3.63) is 35.1 Å². The topological polar surface area (TPSA) is 29.1 Å². The summed E-state index contributed by atoms with van der Waals surface area (Å²) in [7, 11) is 1.61. The van der Waals surface area contributed by atoms with Crippen LogP contribution in [0.1, 0.15) is 29.0 Å². The first-order valence-corrected chi connectivity index (χ1v) is 4.68. The molecule has 0 aromatic heterocycles. The minimum absolute atomic E-state index is 0.0726. The number of likely N-dealkylation sites (N-methyl/N-ethyl adjacent to an activating group) is 1. The number of rotatable bonds is 4. The molecule has 4 heteroatoms. The van der Waals surface area contributed by atoms with E-state index in [0.717, 1.165) is 6.07 Å². The third-order valence-electron chi connectivity index (χ3n) is 2.09. The van der Waals surface area contributed by atoms with Gasteiger partial charge in [0.2, 0.25) is 0 Å². The first kappa shape index (κ1) is 11.8. The Labute approximate surface area is 87.3 Å². The third-order valence-corrected chi connectivity index (χ3v) is 2.09. The fraction of sp³-hybridized carbons (Fsp3) is 0.364. The van der Waals surface area contributed by atoms with Crippen molar-refractivity contribution in [1.82, 2.24) is 5.32 Å². The quantitative estimate of drug-likeness (QED) is 0.777.